The van der Waals surface area contributed by atoms with E-state index in [2.05, 4.69) is 48.1 Å². The Bertz CT molecular complexity index is 337. The third kappa shape index (κ3) is 3.32. The highest BCUT2D eigenvalue weighted by molar-refractivity contribution is 5.02. The van der Waals surface area contributed by atoms with E-state index < -0.39 is 0 Å². The van der Waals surface area contributed by atoms with Crippen molar-refractivity contribution in [1.29, 1.82) is 0 Å². The molecular formula is C14H25N3. The van der Waals surface area contributed by atoms with Gasteiger partial charge in [-0.3, -0.25) is 4.68 Å². The Balaban J connectivity index is 1.88. The Morgan fingerprint density at radius 2 is 2.35 bits per heavy atom. The summed E-state index contributed by atoms with van der Waals surface area (Å²) >= 11 is 0. The molecule has 1 aromatic rings. The number of nitrogens with one attached hydrogen (secondary N) is 1. The number of rotatable bonds is 4. The van der Waals surface area contributed by atoms with Crippen LogP contribution in [0.15, 0.2) is 12.3 Å². The first-order valence-electron chi connectivity index (χ1n) is 6.96. The molecule has 2 heterocycles. The fraction of sp³-hybridized carbons (Fsp3) is 0.786. The van der Waals surface area contributed by atoms with Crippen LogP contribution in [-0.4, -0.2) is 22.4 Å². The SMILES string of the molecule is CCC(C)n1ccc(CC2CCC(C)CN2)n1. The van der Waals surface area contributed by atoms with Crippen LogP contribution in [0.3, 0.4) is 0 Å². The molecule has 3 nitrogen and oxygen atoms in total. The number of aromatic nitrogens is 2. The van der Waals surface area contributed by atoms with Crippen molar-refractivity contribution in [2.24, 2.45) is 5.92 Å². The summed E-state index contributed by atoms with van der Waals surface area (Å²) in [6.07, 6.45) is 6.98. The molecule has 3 atom stereocenters. The lowest BCUT2D eigenvalue weighted by Crippen LogP contribution is -2.39. The molecule has 1 aliphatic heterocycles. The van der Waals surface area contributed by atoms with Crippen LogP contribution >= 0.6 is 0 Å². The Labute approximate surface area is 105 Å². The minimum absolute atomic E-state index is 0.517. The maximum atomic E-state index is 4.67. The summed E-state index contributed by atoms with van der Waals surface area (Å²) in [6, 6.07) is 3.32. The zero-order valence-electron chi connectivity index (χ0n) is 11.3. The molecule has 0 saturated carbocycles. The molecule has 3 heteroatoms. The Morgan fingerprint density at radius 1 is 1.53 bits per heavy atom. The van der Waals surface area contributed by atoms with Gasteiger partial charge in [-0.1, -0.05) is 13.8 Å². The number of piperidine rings is 1. The highest BCUT2D eigenvalue weighted by atomic mass is 15.3. The quantitative estimate of drug-likeness (QED) is 0.869. The van der Waals surface area contributed by atoms with Crippen LogP contribution in [0.1, 0.15) is 51.8 Å². The predicted octanol–water partition coefficient (Wildman–Crippen LogP) is 2.78. The molecule has 17 heavy (non-hydrogen) atoms. The van der Waals surface area contributed by atoms with Crippen molar-refractivity contribution in [3.63, 3.8) is 0 Å². The van der Waals surface area contributed by atoms with E-state index in [-0.39, 0.29) is 0 Å². The Hall–Kier alpha value is -0.830. The first kappa shape index (κ1) is 12.6. The van der Waals surface area contributed by atoms with Crippen LogP contribution in [0.25, 0.3) is 0 Å². The Morgan fingerprint density at radius 3 is 3.00 bits per heavy atom. The predicted molar refractivity (Wildman–Crippen MR) is 71.1 cm³/mol. The molecule has 0 aliphatic carbocycles. The van der Waals surface area contributed by atoms with Crippen LogP contribution in [0.5, 0.6) is 0 Å². The fourth-order valence-electron chi connectivity index (χ4n) is 2.40. The van der Waals surface area contributed by atoms with E-state index in [1.165, 1.54) is 18.5 Å². The summed E-state index contributed by atoms with van der Waals surface area (Å²) in [5, 5.41) is 8.29. The van der Waals surface area contributed by atoms with Crippen LogP contribution in [0, 0.1) is 5.92 Å². The van der Waals surface area contributed by atoms with E-state index in [1.54, 1.807) is 0 Å². The molecule has 1 N–H and O–H groups in total. The maximum absolute atomic E-state index is 4.67. The van der Waals surface area contributed by atoms with Gasteiger partial charge in [-0.05, 0) is 44.7 Å². The summed E-state index contributed by atoms with van der Waals surface area (Å²) in [5.41, 5.74) is 1.23. The lowest BCUT2D eigenvalue weighted by Gasteiger charge is -2.27. The molecule has 1 fully saturated rings. The van der Waals surface area contributed by atoms with Crippen molar-refractivity contribution >= 4 is 0 Å². The first-order valence-corrected chi connectivity index (χ1v) is 6.96. The van der Waals surface area contributed by atoms with E-state index in [0.29, 0.717) is 12.1 Å². The Kier molecular flexibility index (Phi) is 4.21. The van der Waals surface area contributed by atoms with Crippen molar-refractivity contribution in [3.05, 3.63) is 18.0 Å². The normalized spacial score (nSPS) is 27.0. The fourth-order valence-corrected chi connectivity index (χ4v) is 2.40. The maximum Gasteiger partial charge on any atom is 0.0640 e. The zero-order valence-corrected chi connectivity index (χ0v) is 11.3. The van der Waals surface area contributed by atoms with Crippen molar-refractivity contribution in [2.75, 3.05) is 6.54 Å². The second-order valence-corrected chi connectivity index (χ2v) is 5.54. The highest BCUT2D eigenvalue weighted by Crippen LogP contribution is 2.17. The summed E-state index contributed by atoms with van der Waals surface area (Å²) in [5.74, 6) is 0.837. The second kappa shape index (κ2) is 5.67. The van der Waals surface area contributed by atoms with Crippen molar-refractivity contribution < 1.29 is 0 Å². The van der Waals surface area contributed by atoms with Gasteiger partial charge in [0.2, 0.25) is 0 Å². The number of nitrogens with zero attached hydrogens (tertiary/aromatic N) is 2. The van der Waals surface area contributed by atoms with Gasteiger partial charge < -0.3 is 5.32 Å². The molecule has 1 aromatic heterocycles. The zero-order chi connectivity index (χ0) is 12.3. The second-order valence-electron chi connectivity index (χ2n) is 5.54. The average molecular weight is 235 g/mol. The number of hydrogen-bond acceptors (Lipinski definition) is 2. The van der Waals surface area contributed by atoms with Gasteiger partial charge in [-0.15, -0.1) is 0 Å². The van der Waals surface area contributed by atoms with Crippen molar-refractivity contribution in [2.45, 2.75) is 58.5 Å². The van der Waals surface area contributed by atoms with Gasteiger partial charge in [0.05, 0.1) is 5.69 Å². The molecule has 0 bridgehead atoms. The molecule has 3 unspecified atom stereocenters. The third-order valence-electron chi connectivity index (χ3n) is 3.92. The van der Waals surface area contributed by atoms with E-state index in [0.717, 1.165) is 25.3 Å². The smallest absolute Gasteiger partial charge is 0.0640 e. The summed E-state index contributed by atoms with van der Waals surface area (Å²) in [4.78, 5) is 0. The molecule has 2 rings (SSSR count). The minimum atomic E-state index is 0.517. The molecule has 1 saturated heterocycles. The van der Waals surface area contributed by atoms with Gasteiger partial charge in [0.15, 0.2) is 0 Å². The van der Waals surface area contributed by atoms with Gasteiger partial charge in [0.1, 0.15) is 0 Å². The standard InChI is InChI=1S/C14H25N3/c1-4-12(3)17-8-7-14(16-17)9-13-6-5-11(2)10-15-13/h7-8,11-13,15H,4-6,9-10H2,1-3H3. The van der Waals surface area contributed by atoms with Crippen LogP contribution in [0.2, 0.25) is 0 Å². The lowest BCUT2D eigenvalue weighted by atomic mass is 9.94. The highest BCUT2D eigenvalue weighted by Gasteiger charge is 2.18. The van der Waals surface area contributed by atoms with Gasteiger partial charge in [-0.2, -0.15) is 5.10 Å². The molecule has 0 radical (unpaired) electrons. The van der Waals surface area contributed by atoms with Gasteiger partial charge in [0, 0.05) is 24.7 Å². The summed E-state index contributed by atoms with van der Waals surface area (Å²) in [6.45, 7) is 7.91. The molecule has 0 amide bonds. The van der Waals surface area contributed by atoms with Crippen molar-refractivity contribution in [1.82, 2.24) is 15.1 Å². The van der Waals surface area contributed by atoms with E-state index in [1.807, 2.05) is 0 Å². The average Bonchev–Trinajstić information content (AvgIpc) is 2.80. The number of hydrogen-bond donors (Lipinski definition) is 1. The minimum Gasteiger partial charge on any atom is -0.313 e. The molecule has 1 aliphatic rings. The molecule has 0 spiro atoms. The first-order chi connectivity index (χ1) is 8.19. The van der Waals surface area contributed by atoms with Gasteiger partial charge in [0.25, 0.3) is 0 Å². The molecule has 96 valence electrons. The molecule has 0 aromatic carbocycles. The summed E-state index contributed by atoms with van der Waals surface area (Å²) < 4.78 is 2.10. The molecular weight excluding hydrogens is 210 g/mol. The van der Waals surface area contributed by atoms with Crippen molar-refractivity contribution in [3.8, 4) is 0 Å². The summed E-state index contributed by atoms with van der Waals surface area (Å²) in [7, 11) is 0. The van der Waals surface area contributed by atoms with Gasteiger partial charge >= 0.3 is 0 Å². The van der Waals surface area contributed by atoms with Crippen LogP contribution in [0.4, 0.5) is 0 Å². The van der Waals surface area contributed by atoms with E-state index >= 15 is 0 Å². The van der Waals surface area contributed by atoms with E-state index in [4.69, 9.17) is 0 Å². The van der Waals surface area contributed by atoms with Crippen LogP contribution < -0.4 is 5.32 Å². The topological polar surface area (TPSA) is 29.9 Å². The van der Waals surface area contributed by atoms with E-state index in [9.17, 15) is 0 Å². The largest absolute Gasteiger partial charge is 0.313 e. The van der Waals surface area contributed by atoms with Crippen LogP contribution in [-0.2, 0) is 6.42 Å². The third-order valence-corrected chi connectivity index (χ3v) is 3.92. The lowest BCUT2D eigenvalue weighted by molar-refractivity contribution is 0.324. The van der Waals surface area contributed by atoms with Gasteiger partial charge in [-0.25, -0.2) is 0 Å². The monoisotopic (exact) mass is 235 g/mol.